The summed E-state index contributed by atoms with van der Waals surface area (Å²) in [5.41, 5.74) is -4.71. The minimum Gasteiger partial charge on any atom is -0.372 e. The van der Waals surface area contributed by atoms with Crippen molar-refractivity contribution in [3.8, 4) is 0 Å². The van der Waals surface area contributed by atoms with E-state index in [2.05, 4.69) is 27.1 Å². The fourth-order valence-corrected chi connectivity index (χ4v) is 6.47. The molecule has 3 aliphatic rings. The highest BCUT2D eigenvalue weighted by Gasteiger charge is 2.44. The van der Waals surface area contributed by atoms with Gasteiger partial charge in [-0.3, -0.25) is 19.5 Å². The first-order valence-electron chi connectivity index (χ1n) is 13.7. The van der Waals surface area contributed by atoms with E-state index in [4.69, 9.17) is 0 Å². The predicted octanol–water partition coefficient (Wildman–Crippen LogP) is 6.66. The number of rotatable bonds is 7. The van der Waals surface area contributed by atoms with Crippen molar-refractivity contribution in [1.82, 2.24) is 9.88 Å². The lowest BCUT2D eigenvalue weighted by atomic mass is 9.73. The van der Waals surface area contributed by atoms with E-state index >= 15 is 0 Å². The summed E-state index contributed by atoms with van der Waals surface area (Å²) in [6.07, 6.45) is -4.83. The molecule has 1 aromatic heterocycles. The van der Waals surface area contributed by atoms with Crippen LogP contribution in [0.4, 0.5) is 43.4 Å². The van der Waals surface area contributed by atoms with Crippen LogP contribution in [0.5, 0.6) is 0 Å². The van der Waals surface area contributed by atoms with Crippen molar-refractivity contribution in [3.63, 3.8) is 0 Å². The summed E-state index contributed by atoms with van der Waals surface area (Å²) in [6, 6.07) is 9.52. The average molecular weight is 601 g/mol. The maximum atomic E-state index is 13.4. The molecule has 4 heterocycles. The molecule has 7 rings (SSSR count). The summed E-state index contributed by atoms with van der Waals surface area (Å²) < 4.78 is 80.7. The summed E-state index contributed by atoms with van der Waals surface area (Å²) in [4.78, 5) is 32.3. The number of hydrogen-bond donors (Lipinski definition) is 2. The van der Waals surface area contributed by atoms with E-state index in [1.807, 2.05) is 36.4 Å². The number of alkyl halides is 6. The first kappa shape index (κ1) is 28.9. The molecule has 2 bridgehead atoms. The minimum absolute atomic E-state index is 0.000122. The number of pyridine rings is 1. The standard InChI is InChI=1S/C31H26F6N4O2/c1-2-16-15-41-10-8-17(16)11-24(41)25(22-7-9-38-23-6-4-3-5-21(22)23)40-27-26(28(42)29(27)43)39-20-13-18(30(32,33)34)12-19(14-20)31(35,36)37/h2-7,9,12-14,16-17,24-25,39-40H,1,8,10-11,15H2/t16-,17-,24-,25+/m0/s1. The van der Waals surface area contributed by atoms with E-state index < -0.39 is 46.1 Å². The van der Waals surface area contributed by atoms with Gasteiger partial charge in [0.2, 0.25) is 0 Å². The van der Waals surface area contributed by atoms with E-state index in [0.717, 1.165) is 36.9 Å². The van der Waals surface area contributed by atoms with E-state index in [0.29, 0.717) is 29.5 Å². The van der Waals surface area contributed by atoms with Gasteiger partial charge >= 0.3 is 12.4 Å². The van der Waals surface area contributed by atoms with Crippen LogP contribution in [-0.4, -0.2) is 29.0 Å². The maximum absolute atomic E-state index is 13.4. The van der Waals surface area contributed by atoms with E-state index in [9.17, 15) is 35.9 Å². The molecule has 3 aromatic carbocycles. The fraction of sp³-hybridized carbons (Fsp3) is 0.323. The fourth-order valence-electron chi connectivity index (χ4n) is 6.47. The van der Waals surface area contributed by atoms with Crippen LogP contribution in [0.25, 0.3) is 10.9 Å². The molecular weight excluding hydrogens is 574 g/mol. The Balaban J connectivity index is 1.41. The monoisotopic (exact) mass is 600 g/mol. The molecule has 4 aromatic rings. The van der Waals surface area contributed by atoms with Gasteiger partial charge in [-0.25, -0.2) is 0 Å². The topological polar surface area (TPSA) is 74.3 Å². The van der Waals surface area contributed by atoms with Crippen molar-refractivity contribution in [1.29, 1.82) is 0 Å². The van der Waals surface area contributed by atoms with Gasteiger partial charge in [0.1, 0.15) is 11.4 Å². The highest BCUT2D eigenvalue weighted by atomic mass is 19.4. The van der Waals surface area contributed by atoms with Crippen LogP contribution >= 0.6 is 0 Å². The second-order valence-corrected chi connectivity index (χ2v) is 11.1. The van der Waals surface area contributed by atoms with Crippen LogP contribution in [0, 0.1) is 11.8 Å². The normalized spacial score (nSPS) is 22.9. The van der Waals surface area contributed by atoms with Gasteiger partial charge < -0.3 is 10.6 Å². The lowest BCUT2D eigenvalue weighted by Gasteiger charge is -2.52. The van der Waals surface area contributed by atoms with Crippen molar-refractivity contribution < 1.29 is 26.3 Å². The molecule has 5 atom stereocenters. The Morgan fingerprint density at radius 2 is 1.63 bits per heavy atom. The Morgan fingerprint density at radius 3 is 2.26 bits per heavy atom. The van der Waals surface area contributed by atoms with E-state index in [-0.39, 0.29) is 23.5 Å². The quantitative estimate of drug-likeness (QED) is 0.140. The number of para-hydroxylation sites is 1. The second-order valence-electron chi connectivity index (χ2n) is 11.1. The summed E-state index contributed by atoms with van der Waals surface area (Å²) in [5.74, 6) is 0.646. The highest BCUT2D eigenvalue weighted by molar-refractivity contribution is 5.84. The van der Waals surface area contributed by atoms with Gasteiger partial charge in [0.05, 0.1) is 22.7 Å². The molecule has 43 heavy (non-hydrogen) atoms. The third-order valence-corrected chi connectivity index (χ3v) is 8.62. The van der Waals surface area contributed by atoms with Gasteiger partial charge in [0.15, 0.2) is 0 Å². The Bertz CT molecular complexity index is 1740. The van der Waals surface area contributed by atoms with Gasteiger partial charge in [-0.2, -0.15) is 26.3 Å². The molecule has 2 N–H and O–H groups in total. The first-order valence-corrected chi connectivity index (χ1v) is 13.7. The minimum atomic E-state index is -5.07. The Morgan fingerprint density at radius 1 is 0.953 bits per heavy atom. The van der Waals surface area contributed by atoms with Gasteiger partial charge in [0, 0.05) is 29.9 Å². The van der Waals surface area contributed by atoms with Gasteiger partial charge in [-0.15, -0.1) is 6.58 Å². The molecule has 12 heteroatoms. The van der Waals surface area contributed by atoms with Crippen molar-refractivity contribution in [2.45, 2.75) is 37.3 Å². The third-order valence-electron chi connectivity index (χ3n) is 8.62. The van der Waals surface area contributed by atoms with Crippen LogP contribution in [-0.2, 0) is 12.4 Å². The van der Waals surface area contributed by atoms with Gasteiger partial charge in [0.25, 0.3) is 10.9 Å². The van der Waals surface area contributed by atoms with Crippen LogP contribution in [0.1, 0.15) is 35.6 Å². The van der Waals surface area contributed by atoms with Crippen molar-refractivity contribution in [2.24, 2.45) is 11.8 Å². The average Bonchev–Trinajstić information content (AvgIpc) is 2.99. The molecule has 224 valence electrons. The lowest BCUT2D eigenvalue weighted by Crippen LogP contribution is -2.56. The molecule has 0 radical (unpaired) electrons. The predicted molar refractivity (Wildman–Crippen MR) is 151 cm³/mol. The van der Waals surface area contributed by atoms with Crippen molar-refractivity contribution in [3.05, 3.63) is 105 Å². The third kappa shape index (κ3) is 5.28. The molecule has 6 nitrogen and oxygen atoms in total. The zero-order chi connectivity index (χ0) is 30.7. The molecule has 3 fully saturated rings. The number of fused-ring (bicyclic) bond motifs is 4. The number of anilines is 3. The maximum Gasteiger partial charge on any atom is 0.416 e. The molecule has 0 aliphatic carbocycles. The Labute approximate surface area is 241 Å². The number of halogens is 6. The molecule has 0 saturated carbocycles. The van der Waals surface area contributed by atoms with Crippen LogP contribution < -0.4 is 21.5 Å². The summed E-state index contributed by atoms with van der Waals surface area (Å²) >= 11 is 0. The van der Waals surface area contributed by atoms with Crippen molar-refractivity contribution in [2.75, 3.05) is 23.7 Å². The molecule has 0 amide bonds. The summed E-state index contributed by atoms with van der Waals surface area (Å²) in [7, 11) is 0. The first-order chi connectivity index (χ1) is 20.3. The second kappa shape index (κ2) is 10.5. The van der Waals surface area contributed by atoms with E-state index in [1.165, 1.54) is 0 Å². The number of nitrogens with zero attached hydrogens (tertiary/aromatic N) is 2. The SMILES string of the molecule is C=C[C@H]1CN2CC[C@H]1C[C@H]2[C@H](Nc1c(Nc2cc(C(F)(F)F)cc(C(F)(F)F)c2)c(=O)c1=O)c1ccnc2ccccc12. The number of hydrogen-bond acceptors (Lipinski definition) is 6. The van der Waals surface area contributed by atoms with Crippen LogP contribution in [0.15, 0.2) is 77.0 Å². The zero-order valence-electron chi connectivity index (χ0n) is 22.6. The summed E-state index contributed by atoms with van der Waals surface area (Å²) in [5, 5.41) is 6.40. The van der Waals surface area contributed by atoms with E-state index in [1.54, 1.807) is 6.20 Å². The summed E-state index contributed by atoms with van der Waals surface area (Å²) in [6.45, 7) is 5.52. The molecule has 0 spiro atoms. The van der Waals surface area contributed by atoms with Crippen molar-refractivity contribution >= 4 is 28.0 Å². The number of nitrogens with one attached hydrogen (secondary N) is 2. The van der Waals surface area contributed by atoms with Crippen LogP contribution in [0.2, 0.25) is 0 Å². The highest BCUT2D eigenvalue weighted by Crippen LogP contribution is 2.44. The van der Waals surface area contributed by atoms with Gasteiger partial charge in [-0.05, 0) is 67.1 Å². The van der Waals surface area contributed by atoms with Gasteiger partial charge in [-0.1, -0.05) is 24.3 Å². The number of piperidine rings is 3. The number of benzene rings is 2. The lowest BCUT2D eigenvalue weighted by molar-refractivity contribution is -0.143. The Hall–Kier alpha value is -4.19. The largest absolute Gasteiger partial charge is 0.416 e. The smallest absolute Gasteiger partial charge is 0.372 e. The Kier molecular flexibility index (Phi) is 7.07. The molecule has 3 aliphatic heterocycles. The number of aromatic nitrogens is 1. The molecule has 3 saturated heterocycles. The zero-order valence-corrected chi connectivity index (χ0v) is 22.6. The molecule has 1 unspecified atom stereocenters. The van der Waals surface area contributed by atoms with Crippen LogP contribution in [0.3, 0.4) is 0 Å². The molecular formula is C31H26F6N4O2.